The molecule has 1 aliphatic heterocycles. The summed E-state index contributed by atoms with van der Waals surface area (Å²) in [5.41, 5.74) is 2.89. The quantitative estimate of drug-likeness (QED) is 0.201. The summed E-state index contributed by atoms with van der Waals surface area (Å²) in [6, 6.07) is 7.37. The van der Waals surface area contributed by atoms with Crippen molar-refractivity contribution in [1.29, 1.82) is 0 Å². The van der Waals surface area contributed by atoms with Crippen LogP contribution in [0.3, 0.4) is 0 Å². The first-order valence-electron chi connectivity index (χ1n) is 13.5. The number of benzene rings is 1. The van der Waals surface area contributed by atoms with Gasteiger partial charge >= 0.3 is 0 Å². The number of carbonyl (C=O) groups excluding carboxylic acids is 1. The van der Waals surface area contributed by atoms with Crippen LogP contribution >= 0.6 is 22.6 Å². The molecule has 1 unspecified atom stereocenters. The minimum atomic E-state index is -0.585. The minimum absolute atomic E-state index is 0.0438. The smallest absolute Gasteiger partial charge is 0.273 e. The minimum Gasteiger partial charge on any atom is -0.448 e. The van der Waals surface area contributed by atoms with Gasteiger partial charge in [-0.25, -0.2) is 29.9 Å². The molecule has 0 spiro atoms. The van der Waals surface area contributed by atoms with Crippen LogP contribution in [0.2, 0.25) is 0 Å². The first-order valence-corrected chi connectivity index (χ1v) is 14.6. The van der Waals surface area contributed by atoms with E-state index in [0.717, 1.165) is 9.13 Å². The number of allylic oxidation sites excluding steroid dienone is 1. The van der Waals surface area contributed by atoms with Crippen molar-refractivity contribution in [1.82, 2.24) is 35.2 Å². The lowest BCUT2D eigenvalue weighted by atomic mass is 10.0. The molecule has 0 saturated carbocycles. The van der Waals surface area contributed by atoms with Gasteiger partial charge in [-0.05, 0) is 52.8 Å². The van der Waals surface area contributed by atoms with Crippen molar-refractivity contribution in [3.05, 3.63) is 100 Å². The van der Waals surface area contributed by atoms with Crippen molar-refractivity contribution in [2.24, 2.45) is 0 Å². The van der Waals surface area contributed by atoms with Gasteiger partial charge in [0, 0.05) is 9.99 Å². The molecule has 45 heavy (non-hydrogen) atoms. The summed E-state index contributed by atoms with van der Waals surface area (Å²) in [5, 5.41) is 3.00. The van der Waals surface area contributed by atoms with E-state index in [0.29, 0.717) is 47.4 Å². The molecule has 7 aromatic rings. The molecule has 8 rings (SSSR count). The van der Waals surface area contributed by atoms with Crippen LogP contribution in [0.15, 0.2) is 94.4 Å². The molecule has 1 N–H and O–H groups in total. The molecule has 0 fully saturated rings. The summed E-state index contributed by atoms with van der Waals surface area (Å²) in [7, 11) is 0. The van der Waals surface area contributed by atoms with Gasteiger partial charge in [0.2, 0.25) is 29.5 Å². The molecule has 12 bridgehead atoms. The first-order chi connectivity index (χ1) is 22.0. The van der Waals surface area contributed by atoms with Crippen LogP contribution in [-0.4, -0.2) is 35.8 Å². The molecule has 0 aliphatic carbocycles. The normalized spacial score (nSPS) is 14.7. The van der Waals surface area contributed by atoms with Crippen molar-refractivity contribution in [2.75, 3.05) is 0 Å². The predicted octanol–water partition coefficient (Wildman–Crippen LogP) is 6.17. The van der Waals surface area contributed by atoms with E-state index < -0.39 is 11.9 Å². The highest BCUT2D eigenvalue weighted by Crippen LogP contribution is 2.28. The van der Waals surface area contributed by atoms with Crippen LogP contribution < -0.4 is 5.32 Å². The Morgan fingerprint density at radius 2 is 1.24 bits per heavy atom. The second kappa shape index (κ2) is 11.2. The van der Waals surface area contributed by atoms with E-state index in [1.165, 1.54) is 37.6 Å². The Bertz CT molecular complexity index is 2160. The molecule has 7 heterocycles. The van der Waals surface area contributed by atoms with Crippen LogP contribution in [0.4, 0.5) is 0 Å². The van der Waals surface area contributed by atoms with Crippen molar-refractivity contribution in [3.8, 4) is 46.3 Å². The second-order valence-electron chi connectivity index (χ2n) is 9.85. The number of carbonyl (C=O) groups is 1. The zero-order chi connectivity index (χ0) is 30.3. The summed E-state index contributed by atoms with van der Waals surface area (Å²) in [6.45, 7) is 0. The number of nitrogens with zero attached hydrogens (tertiary/aromatic N) is 6. The van der Waals surface area contributed by atoms with E-state index in [2.05, 4.69) is 57.8 Å². The number of amides is 1. The highest BCUT2D eigenvalue weighted by atomic mass is 127. The lowest BCUT2D eigenvalue weighted by Gasteiger charge is -2.16. The third kappa shape index (κ3) is 5.48. The van der Waals surface area contributed by atoms with E-state index in [-0.39, 0.29) is 35.0 Å². The fraction of sp³-hybridized carbons (Fsp3) is 0.100. The van der Waals surface area contributed by atoms with Crippen LogP contribution in [0, 0.1) is 3.57 Å². The number of hydrogen-bond acceptors (Lipinski definition) is 13. The zero-order valence-electron chi connectivity index (χ0n) is 22.8. The molecule has 1 atom stereocenters. The van der Waals surface area contributed by atoms with E-state index in [1.807, 2.05) is 24.3 Å². The second-order valence-corrected chi connectivity index (χ2v) is 11.1. The summed E-state index contributed by atoms with van der Waals surface area (Å²) in [4.78, 5) is 40.1. The first kappa shape index (κ1) is 27.0. The molecular weight excluding hydrogens is 697 g/mol. The molecule has 14 nitrogen and oxygen atoms in total. The third-order valence-corrected chi connectivity index (χ3v) is 7.50. The molecule has 15 heteroatoms. The Morgan fingerprint density at radius 1 is 0.667 bits per heavy atom. The fourth-order valence-corrected chi connectivity index (χ4v) is 4.94. The number of fused-ring (bicyclic) bond motifs is 16. The van der Waals surface area contributed by atoms with Crippen molar-refractivity contribution < 1.29 is 31.3 Å². The largest absolute Gasteiger partial charge is 0.448 e. The highest BCUT2D eigenvalue weighted by Gasteiger charge is 2.25. The standard InChI is InChI=1S/C30H18IN7O7/c31-16-6-4-15(5-7-16)8-17-18-9-42-29(35-18)22-13-44-27(37-22)20-11-40-24(32-20)2-1-3-25-33-21(12-41-25)28-38-23(14-45-28)30-36-19(10-43-30)26(39)34-17/h1,3-7,9-14,17H,2,8H2,(H,34,39). The molecule has 0 saturated heterocycles. The SMILES string of the molecule is O=C1NC(Cc2ccc(I)cc2)c2coc(n2)-c2coc(n2)-c2coc(n2)CC=Cc2nc(co2)-c2nc(co2)-c2nc1co2. The number of nitrogens with one attached hydrogen (secondary N) is 1. The molecule has 1 aromatic carbocycles. The van der Waals surface area contributed by atoms with Crippen LogP contribution in [0.5, 0.6) is 0 Å². The molecule has 1 aliphatic rings. The van der Waals surface area contributed by atoms with E-state index in [4.69, 9.17) is 26.5 Å². The lowest BCUT2D eigenvalue weighted by Crippen LogP contribution is -2.30. The monoisotopic (exact) mass is 715 g/mol. The van der Waals surface area contributed by atoms with Crippen molar-refractivity contribution in [3.63, 3.8) is 0 Å². The third-order valence-electron chi connectivity index (χ3n) is 6.79. The number of aromatic nitrogens is 6. The van der Waals surface area contributed by atoms with Gasteiger partial charge in [-0.3, -0.25) is 4.79 Å². The zero-order valence-corrected chi connectivity index (χ0v) is 25.0. The van der Waals surface area contributed by atoms with Gasteiger partial charge in [0.15, 0.2) is 34.4 Å². The number of hydrogen-bond donors (Lipinski definition) is 1. The maximum Gasteiger partial charge on any atom is 0.273 e. The van der Waals surface area contributed by atoms with Gasteiger partial charge in [0.1, 0.15) is 43.3 Å². The van der Waals surface area contributed by atoms with E-state index in [9.17, 15) is 4.79 Å². The topological polar surface area (TPSA) is 185 Å². The molecule has 0 radical (unpaired) electrons. The van der Waals surface area contributed by atoms with Crippen molar-refractivity contribution in [2.45, 2.75) is 18.9 Å². The number of halogens is 1. The van der Waals surface area contributed by atoms with E-state index >= 15 is 0 Å². The average Bonchev–Trinajstić information content (AvgIpc) is 3.87. The van der Waals surface area contributed by atoms with Gasteiger partial charge in [-0.2, -0.15) is 0 Å². The maximum atomic E-state index is 13.4. The van der Waals surface area contributed by atoms with Gasteiger partial charge in [-0.1, -0.05) is 18.2 Å². The average molecular weight is 715 g/mol. The summed E-state index contributed by atoms with van der Waals surface area (Å²) in [6.07, 6.45) is 12.6. The Balaban J connectivity index is 1.17. The van der Waals surface area contributed by atoms with Crippen LogP contribution in [-0.2, 0) is 12.8 Å². The Hall–Kier alpha value is -5.58. The van der Waals surface area contributed by atoms with Crippen LogP contribution in [0.1, 0.15) is 39.6 Å². The van der Waals surface area contributed by atoms with Gasteiger partial charge in [0.05, 0.1) is 6.04 Å². The van der Waals surface area contributed by atoms with E-state index in [1.54, 1.807) is 12.2 Å². The fourth-order valence-electron chi connectivity index (χ4n) is 4.58. The summed E-state index contributed by atoms with van der Waals surface area (Å²) in [5.74, 6) is 0.987. The Morgan fingerprint density at radius 3 is 2.00 bits per heavy atom. The highest BCUT2D eigenvalue weighted by molar-refractivity contribution is 14.1. The molecule has 1 amide bonds. The van der Waals surface area contributed by atoms with Crippen molar-refractivity contribution >= 4 is 34.6 Å². The summed E-state index contributed by atoms with van der Waals surface area (Å²) >= 11 is 2.24. The molecular formula is C30H18IN7O7. The van der Waals surface area contributed by atoms with Crippen LogP contribution in [0.25, 0.3) is 52.4 Å². The Kier molecular flexibility index (Phi) is 6.70. The Labute approximate surface area is 265 Å². The lowest BCUT2D eigenvalue weighted by molar-refractivity contribution is 0.0930. The number of oxazole rings is 6. The van der Waals surface area contributed by atoms with Gasteiger partial charge in [-0.15, -0.1) is 0 Å². The molecule has 222 valence electrons. The van der Waals surface area contributed by atoms with Gasteiger partial charge in [0.25, 0.3) is 5.91 Å². The predicted molar refractivity (Wildman–Crippen MR) is 161 cm³/mol. The maximum absolute atomic E-state index is 13.4. The van der Waals surface area contributed by atoms with Gasteiger partial charge < -0.3 is 31.8 Å². The number of rotatable bonds is 2. The summed E-state index contributed by atoms with van der Waals surface area (Å²) < 4.78 is 34.8. The molecule has 6 aromatic heterocycles.